The fourth-order valence-electron chi connectivity index (χ4n) is 2.10. The first-order valence-electron chi connectivity index (χ1n) is 7.24. The Labute approximate surface area is 126 Å². The van der Waals surface area contributed by atoms with Crippen molar-refractivity contribution >= 4 is 11.7 Å². The third kappa shape index (κ3) is 4.35. The molecule has 1 N–H and O–H groups in total. The van der Waals surface area contributed by atoms with E-state index in [1.165, 1.54) is 5.56 Å². The second-order valence-electron chi connectivity index (χ2n) is 5.50. The zero-order chi connectivity index (χ0) is 15.2. The molecule has 0 bridgehead atoms. The smallest absolute Gasteiger partial charge is 0.318 e. The summed E-state index contributed by atoms with van der Waals surface area (Å²) in [4.78, 5) is 14.3. The lowest BCUT2D eigenvalue weighted by Crippen LogP contribution is -2.39. The van der Waals surface area contributed by atoms with Crippen molar-refractivity contribution in [1.29, 1.82) is 0 Å². The molecule has 0 saturated carbocycles. The van der Waals surface area contributed by atoms with Gasteiger partial charge in [-0.25, -0.2) is 4.79 Å². The quantitative estimate of drug-likeness (QED) is 0.883. The van der Waals surface area contributed by atoms with Crippen molar-refractivity contribution in [2.75, 3.05) is 5.32 Å². The molecule has 2 amide bonds. The Kier molecular flexibility index (Phi) is 4.99. The van der Waals surface area contributed by atoms with Gasteiger partial charge in [0.05, 0.1) is 0 Å². The van der Waals surface area contributed by atoms with E-state index in [-0.39, 0.29) is 12.1 Å². The molecule has 0 aliphatic heterocycles. The predicted octanol–water partition coefficient (Wildman–Crippen LogP) is 4.44. The lowest BCUT2D eigenvalue weighted by atomic mass is 10.2. The van der Waals surface area contributed by atoms with Crippen molar-refractivity contribution in [3.8, 4) is 0 Å². The summed E-state index contributed by atoms with van der Waals surface area (Å²) in [5.41, 5.74) is 3.13. The monoisotopic (exact) mass is 282 g/mol. The minimum Gasteiger partial charge on any atom is -0.318 e. The lowest BCUT2D eigenvalue weighted by Gasteiger charge is -2.27. The molecule has 2 aromatic carbocycles. The molecule has 3 nitrogen and oxygen atoms in total. The number of benzene rings is 2. The van der Waals surface area contributed by atoms with Crippen molar-refractivity contribution in [1.82, 2.24) is 4.90 Å². The molecular formula is C18H22N2O. The molecule has 0 aromatic heterocycles. The third-order valence-corrected chi connectivity index (χ3v) is 3.38. The van der Waals surface area contributed by atoms with Gasteiger partial charge in [-0.15, -0.1) is 0 Å². The van der Waals surface area contributed by atoms with Crippen molar-refractivity contribution in [3.05, 3.63) is 65.7 Å². The highest BCUT2D eigenvalue weighted by molar-refractivity contribution is 5.89. The third-order valence-electron chi connectivity index (χ3n) is 3.38. The number of rotatable bonds is 4. The summed E-state index contributed by atoms with van der Waals surface area (Å²) in [6, 6.07) is 17.9. The molecule has 0 aliphatic rings. The van der Waals surface area contributed by atoms with Gasteiger partial charge in [0, 0.05) is 18.3 Å². The minimum absolute atomic E-state index is 0.0716. The number of anilines is 1. The zero-order valence-corrected chi connectivity index (χ0v) is 12.8. The number of amides is 2. The van der Waals surface area contributed by atoms with Gasteiger partial charge in [-0.2, -0.15) is 0 Å². The van der Waals surface area contributed by atoms with Crippen LogP contribution in [0, 0.1) is 6.92 Å². The van der Waals surface area contributed by atoms with Gasteiger partial charge in [-0.05, 0) is 38.5 Å². The van der Waals surface area contributed by atoms with Crippen LogP contribution in [0.4, 0.5) is 10.5 Å². The Hall–Kier alpha value is -2.29. The van der Waals surface area contributed by atoms with Crippen molar-refractivity contribution in [2.24, 2.45) is 0 Å². The Balaban J connectivity index is 2.07. The Bertz CT molecular complexity index is 576. The van der Waals surface area contributed by atoms with Crippen LogP contribution in [0.25, 0.3) is 0 Å². The van der Waals surface area contributed by atoms with Crippen LogP contribution in [0.2, 0.25) is 0 Å². The highest BCUT2D eigenvalue weighted by atomic mass is 16.2. The summed E-state index contributed by atoms with van der Waals surface area (Å²) in [5, 5.41) is 2.96. The van der Waals surface area contributed by atoms with Crippen LogP contribution in [0.1, 0.15) is 25.0 Å². The minimum atomic E-state index is -0.0716. The highest BCUT2D eigenvalue weighted by Crippen LogP contribution is 2.13. The van der Waals surface area contributed by atoms with Gasteiger partial charge in [-0.1, -0.05) is 48.0 Å². The van der Waals surface area contributed by atoms with E-state index in [0.717, 1.165) is 11.3 Å². The van der Waals surface area contributed by atoms with Gasteiger partial charge in [0.2, 0.25) is 0 Å². The molecule has 110 valence electrons. The maximum absolute atomic E-state index is 12.5. The number of nitrogens with zero attached hydrogens (tertiary/aromatic N) is 1. The van der Waals surface area contributed by atoms with Crippen LogP contribution in [0.3, 0.4) is 0 Å². The van der Waals surface area contributed by atoms with Crippen molar-refractivity contribution in [2.45, 2.75) is 33.4 Å². The Morgan fingerprint density at radius 2 is 1.67 bits per heavy atom. The van der Waals surface area contributed by atoms with E-state index in [2.05, 4.69) is 5.32 Å². The Morgan fingerprint density at radius 3 is 2.24 bits per heavy atom. The van der Waals surface area contributed by atoms with E-state index in [1.54, 1.807) is 0 Å². The predicted molar refractivity (Wildman–Crippen MR) is 87.3 cm³/mol. The molecule has 0 saturated heterocycles. The van der Waals surface area contributed by atoms with Crippen LogP contribution in [-0.2, 0) is 6.54 Å². The lowest BCUT2D eigenvalue weighted by molar-refractivity contribution is 0.193. The molecule has 0 spiro atoms. The van der Waals surface area contributed by atoms with E-state index in [1.807, 2.05) is 80.3 Å². The normalized spacial score (nSPS) is 10.5. The summed E-state index contributed by atoms with van der Waals surface area (Å²) >= 11 is 0. The van der Waals surface area contributed by atoms with Crippen LogP contribution in [0.15, 0.2) is 54.6 Å². The van der Waals surface area contributed by atoms with Gasteiger partial charge in [-0.3, -0.25) is 0 Å². The number of urea groups is 1. The standard InChI is InChI=1S/C18H22N2O/c1-14(2)20(13-16-7-5-4-6-8-16)18(21)19-17-11-9-15(3)10-12-17/h4-12,14H,13H2,1-3H3,(H,19,21). The molecule has 0 fully saturated rings. The summed E-state index contributed by atoms with van der Waals surface area (Å²) in [6.07, 6.45) is 0. The van der Waals surface area contributed by atoms with Gasteiger partial charge in [0.25, 0.3) is 0 Å². The molecular weight excluding hydrogens is 260 g/mol. The summed E-state index contributed by atoms with van der Waals surface area (Å²) in [6.45, 7) is 6.69. The average molecular weight is 282 g/mol. The van der Waals surface area contributed by atoms with Gasteiger partial charge in [0.15, 0.2) is 0 Å². The number of carbonyl (C=O) groups excluding carboxylic acids is 1. The van der Waals surface area contributed by atoms with Gasteiger partial charge >= 0.3 is 6.03 Å². The van der Waals surface area contributed by atoms with Crippen molar-refractivity contribution < 1.29 is 4.79 Å². The molecule has 0 heterocycles. The molecule has 2 rings (SSSR count). The molecule has 0 radical (unpaired) electrons. The van der Waals surface area contributed by atoms with Crippen LogP contribution in [-0.4, -0.2) is 17.0 Å². The molecule has 0 aliphatic carbocycles. The zero-order valence-electron chi connectivity index (χ0n) is 12.8. The van der Waals surface area contributed by atoms with Crippen LogP contribution in [0.5, 0.6) is 0 Å². The summed E-state index contributed by atoms with van der Waals surface area (Å²) in [7, 11) is 0. The molecule has 3 heteroatoms. The number of aryl methyl sites for hydroxylation is 1. The first-order valence-corrected chi connectivity index (χ1v) is 7.24. The Morgan fingerprint density at radius 1 is 1.05 bits per heavy atom. The molecule has 21 heavy (non-hydrogen) atoms. The SMILES string of the molecule is Cc1ccc(NC(=O)N(Cc2ccccc2)C(C)C)cc1. The maximum atomic E-state index is 12.5. The number of hydrogen-bond acceptors (Lipinski definition) is 1. The van der Waals surface area contributed by atoms with E-state index >= 15 is 0 Å². The van der Waals surface area contributed by atoms with Crippen LogP contribution < -0.4 is 5.32 Å². The summed E-state index contributed by atoms with van der Waals surface area (Å²) < 4.78 is 0. The average Bonchev–Trinajstić information content (AvgIpc) is 2.48. The molecule has 2 aromatic rings. The fourth-order valence-corrected chi connectivity index (χ4v) is 2.10. The van der Waals surface area contributed by atoms with E-state index in [0.29, 0.717) is 6.54 Å². The first-order chi connectivity index (χ1) is 10.1. The topological polar surface area (TPSA) is 32.3 Å². The van der Waals surface area contributed by atoms with Gasteiger partial charge < -0.3 is 10.2 Å². The van der Waals surface area contributed by atoms with Crippen molar-refractivity contribution in [3.63, 3.8) is 0 Å². The first kappa shape index (κ1) is 15.1. The fraction of sp³-hybridized carbons (Fsp3) is 0.278. The second-order valence-corrected chi connectivity index (χ2v) is 5.50. The van der Waals surface area contributed by atoms with E-state index in [9.17, 15) is 4.79 Å². The molecule has 0 atom stereocenters. The van der Waals surface area contributed by atoms with Gasteiger partial charge in [0.1, 0.15) is 0 Å². The maximum Gasteiger partial charge on any atom is 0.322 e. The highest BCUT2D eigenvalue weighted by Gasteiger charge is 2.17. The largest absolute Gasteiger partial charge is 0.322 e. The summed E-state index contributed by atoms with van der Waals surface area (Å²) in [5.74, 6) is 0. The van der Waals surface area contributed by atoms with E-state index < -0.39 is 0 Å². The number of hydrogen-bond donors (Lipinski definition) is 1. The van der Waals surface area contributed by atoms with Crippen LogP contribution >= 0.6 is 0 Å². The molecule has 0 unspecified atom stereocenters. The number of carbonyl (C=O) groups is 1. The number of nitrogens with one attached hydrogen (secondary N) is 1. The van der Waals surface area contributed by atoms with E-state index in [4.69, 9.17) is 0 Å². The second kappa shape index (κ2) is 6.93.